The number of nitro benzene ring substituents is 1. The number of benzene rings is 1. The third-order valence-corrected chi connectivity index (χ3v) is 4.32. The standard InChI is InChI=1S/C18H22ClN3O3/c19-10-5-11-20-12-14-21(15-13-20)18(23)9-4-2-7-16-6-1-3-8-17(16)22(24)25/h1-4,6-9H,5,10-15H2. The summed E-state index contributed by atoms with van der Waals surface area (Å²) in [4.78, 5) is 26.8. The SMILES string of the molecule is O=C(C=CC=Cc1ccccc1[N+](=O)[O-])N1CCN(CCCCl)CC1. The van der Waals surface area contributed by atoms with Gasteiger partial charge >= 0.3 is 0 Å². The summed E-state index contributed by atoms with van der Waals surface area (Å²) < 4.78 is 0. The monoisotopic (exact) mass is 363 g/mol. The number of para-hydroxylation sites is 1. The van der Waals surface area contributed by atoms with Crippen molar-refractivity contribution < 1.29 is 9.72 Å². The lowest BCUT2D eigenvalue weighted by Crippen LogP contribution is -2.48. The Hall–Kier alpha value is -2.18. The van der Waals surface area contributed by atoms with Crippen molar-refractivity contribution >= 4 is 29.3 Å². The van der Waals surface area contributed by atoms with Crippen molar-refractivity contribution in [2.75, 3.05) is 38.6 Å². The maximum atomic E-state index is 12.2. The number of nitrogens with zero attached hydrogens (tertiary/aromatic N) is 3. The molecule has 0 atom stereocenters. The third kappa shape index (κ3) is 5.99. The molecular weight excluding hydrogens is 342 g/mol. The second-order valence-electron chi connectivity index (χ2n) is 5.74. The van der Waals surface area contributed by atoms with Gasteiger partial charge in [0.05, 0.1) is 10.5 Å². The Bertz CT molecular complexity index is 653. The highest BCUT2D eigenvalue weighted by Crippen LogP contribution is 2.18. The van der Waals surface area contributed by atoms with Gasteiger partial charge in [-0.25, -0.2) is 0 Å². The van der Waals surface area contributed by atoms with E-state index >= 15 is 0 Å². The number of rotatable bonds is 7. The molecule has 6 nitrogen and oxygen atoms in total. The third-order valence-electron chi connectivity index (χ3n) is 4.05. The Labute approximate surface area is 152 Å². The van der Waals surface area contributed by atoms with E-state index in [1.807, 2.05) is 4.90 Å². The molecule has 0 radical (unpaired) electrons. The fourth-order valence-corrected chi connectivity index (χ4v) is 2.79. The van der Waals surface area contributed by atoms with Crippen LogP contribution in [0.5, 0.6) is 0 Å². The minimum absolute atomic E-state index is 0.0378. The predicted octanol–water partition coefficient (Wildman–Crippen LogP) is 2.94. The molecule has 1 saturated heterocycles. The summed E-state index contributed by atoms with van der Waals surface area (Å²) in [5, 5.41) is 10.9. The van der Waals surface area contributed by atoms with Crippen molar-refractivity contribution in [1.82, 2.24) is 9.80 Å². The van der Waals surface area contributed by atoms with Crippen LogP contribution in [0.25, 0.3) is 6.08 Å². The zero-order valence-corrected chi connectivity index (χ0v) is 14.8. The maximum Gasteiger partial charge on any atom is 0.276 e. The van der Waals surface area contributed by atoms with Gasteiger partial charge in [-0.3, -0.25) is 19.8 Å². The number of carbonyl (C=O) groups is 1. The first-order valence-electron chi connectivity index (χ1n) is 8.27. The summed E-state index contributed by atoms with van der Waals surface area (Å²) in [7, 11) is 0. The van der Waals surface area contributed by atoms with Crippen LogP contribution in [0.4, 0.5) is 5.69 Å². The van der Waals surface area contributed by atoms with Crippen LogP contribution in [0.2, 0.25) is 0 Å². The Balaban J connectivity index is 1.84. The van der Waals surface area contributed by atoms with Crippen LogP contribution in [0.3, 0.4) is 0 Å². The van der Waals surface area contributed by atoms with Gasteiger partial charge in [-0.05, 0) is 25.1 Å². The van der Waals surface area contributed by atoms with Crippen LogP contribution >= 0.6 is 11.6 Å². The Morgan fingerprint density at radius 3 is 2.60 bits per heavy atom. The summed E-state index contributed by atoms with van der Waals surface area (Å²) in [6.45, 7) is 4.11. The molecule has 1 aromatic carbocycles. The van der Waals surface area contributed by atoms with E-state index in [9.17, 15) is 14.9 Å². The van der Waals surface area contributed by atoms with Crippen LogP contribution in [-0.2, 0) is 4.79 Å². The predicted molar refractivity (Wildman–Crippen MR) is 99.6 cm³/mol. The molecule has 0 unspecified atom stereocenters. The first-order valence-corrected chi connectivity index (χ1v) is 8.80. The van der Waals surface area contributed by atoms with Crippen molar-refractivity contribution in [2.24, 2.45) is 0 Å². The molecule has 1 amide bonds. The van der Waals surface area contributed by atoms with Crippen molar-refractivity contribution in [2.45, 2.75) is 6.42 Å². The molecule has 1 aliphatic heterocycles. The molecule has 0 N–H and O–H groups in total. The largest absolute Gasteiger partial charge is 0.337 e. The number of alkyl halides is 1. The summed E-state index contributed by atoms with van der Waals surface area (Å²) in [6.07, 6.45) is 7.37. The topological polar surface area (TPSA) is 66.7 Å². The highest BCUT2D eigenvalue weighted by molar-refractivity contribution is 6.17. The van der Waals surface area contributed by atoms with Gasteiger partial charge in [0.1, 0.15) is 0 Å². The average Bonchev–Trinajstić information content (AvgIpc) is 2.64. The minimum atomic E-state index is -0.418. The molecule has 0 saturated carbocycles. The van der Waals surface area contributed by atoms with Crippen LogP contribution in [-0.4, -0.2) is 59.2 Å². The van der Waals surface area contributed by atoms with Crippen LogP contribution in [0.1, 0.15) is 12.0 Å². The van der Waals surface area contributed by atoms with Crippen LogP contribution in [0, 0.1) is 10.1 Å². The zero-order chi connectivity index (χ0) is 18.1. The highest BCUT2D eigenvalue weighted by atomic mass is 35.5. The maximum absolute atomic E-state index is 12.2. The van der Waals surface area contributed by atoms with Gasteiger partial charge in [0.15, 0.2) is 0 Å². The molecule has 1 fully saturated rings. The van der Waals surface area contributed by atoms with E-state index in [4.69, 9.17) is 11.6 Å². The highest BCUT2D eigenvalue weighted by Gasteiger charge is 2.18. The van der Waals surface area contributed by atoms with Crippen molar-refractivity contribution in [3.8, 4) is 0 Å². The summed E-state index contributed by atoms with van der Waals surface area (Å²) >= 11 is 5.70. The fourth-order valence-electron chi connectivity index (χ4n) is 2.67. The van der Waals surface area contributed by atoms with Gasteiger partial charge < -0.3 is 4.90 Å². The molecule has 1 aliphatic rings. The average molecular weight is 364 g/mol. The quantitative estimate of drug-likeness (QED) is 0.245. The molecule has 7 heteroatoms. The summed E-state index contributed by atoms with van der Waals surface area (Å²) in [5.41, 5.74) is 0.559. The molecule has 0 aromatic heterocycles. The molecular formula is C18H22ClN3O3. The lowest BCUT2D eigenvalue weighted by atomic mass is 10.1. The number of hydrogen-bond acceptors (Lipinski definition) is 4. The smallest absolute Gasteiger partial charge is 0.276 e. The van der Waals surface area contributed by atoms with Gasteiger partial charge in [0.25, 0.3) is 5.69 Å². The first kappa shape index (κ1) is 19.1. The van der Waals surface area contributed by atoms with E-state index in [2.05, 4.69) is 4.90 Å². The van der Waals surface area contributed by atoms with E-state index in [1.54, 1.807) is 36.4 Å². The molecule has 134 valence electrons. The summed E-state index contributed by atoms with van der Waals surface area (Å²) in [5.74, 6) is 0.623. The van der Waals surface area contributed by atoms with Crippen molar-refractivity contribution in [3.63, 3.8) is 0 Å². The van der Waals surface area contributed by atoms with E-state index < -0.39 is 4.92 Å². The summed E-state index contributed by atoms with van der Waals surface area (Å²) in [6, 6.07) is 6.50. The van der Waals surface area contributed by atoms with E-state index in [1.165, 1.54) is 12.1 Å². The number of nitro groups is 1. The van der Waals surface area contributed by atoms with Gasteiger partial charge in [-0.2, -0.15) is 0 Å². The zero-order valence-electron chi connectivity index (χ0n) is 14.0. The van der Waals surface area contributed by atoms with Crippen molar-refractivity contribution in [3.05, 3.63) is 58.2 Å². The van der Waals surface area contributed by atoms with E-state index in [0.717, 1.165) is 26.1 Å². The molecule has 25 heavy (non-hydrogen) atoms. The molecule has 1 aromatic rings. The Kier molecular flexibility index (Phi) is 7.63. The van der Waals surface area contributed by atoms with Crippen molar-refractivity contribution in [1.29, 1.82) is 0 Å². The number of amides is 1. The second kappa shape index (κ2) is 9.96. The number of piperazine rings is 1. The fraction of sp³-hybridized carbons (Fsp3) is 0.389. The molecule has 1 heterocycles. The number of allylic oxidation sites excluding steroid dienone is 2. The number of hydrogen-bond donors (Lipinski definition) is 0. The van der Waals surface area contributed by atoms with Crippen LogP contribution in [0.15, 0.2) is 42.5 Å². The molecule has 0 aliphatic carbocycles. The minimum Gasteiger partial charge on any atom is -0.337 e. The van der Waals surface area contributed by atoms with E-state index in [-0.39, 0.29) is 11.6 Å². The molecule has 2 rings (SSSR count). The van der Waals surface area contributed by atoms with E-state index in [0.29, 0.717) is 24.5 Å². The Morgan fingerprint density at radius 2 is 1.92 bits per heavy atom. The molecule has 0 spiro atoms. The number of carbonyl (C=O) groups excluding carboxylic acids is 1. The van der Waals surface area contributed by atoms with Gasteiger partial charge in [-0.1, -0.05) is 24.3 Å². The van der Waals surface area contributed by atoms with Gasteiger partial charge in [-0.15, -0.1) is 11.6 Å². The number of halogens is 1. The Morgan fingerprint density at radius 1 is 1.20 bits per heavy atom. The lowest BCUT2D eigenvalue weighted by molar-refractivity contribution is -0.385. The lowest BCUT2D eigenvalue weighted by Gasteiger charge is -2.34. The van der Waals surface area contributed by atoms with Gasteiger partial charge in [0.2, 0.25) is 5.91 Å². The normalized spacial score (nSPS) is 16.0. The second-order valence-corrected chi connectivity index (χ2v) is 6.12. The van der Waals surface area contributed by atoms with Gasteiger partial charge in [0, 0.05) is 44.2 Å². The molecule has 0 bridgehead atoms. The van der Waals surface area contributed by atoms with Crippen LogP contribution < -0.4 is 0 Å². The first-order chi connectivity index (χ1) is 12.1.